The number of esters is 1. The van der Waals surface area contributed by atoms with E-state index in [1.165, 1.54) is 31.3 Å². The normalized spacial score (nSPS) is 11.3. The summed E-state index contributed by atoms with van der Waals surface area (Å²) in [6, 6.07) is 5.42. The lowest BCUT2D eigenvalue weighted by molar-refractivity contribution is -0.124. The predicted molar refractivity (Wildman–Crippen MR) is 85.4 cm³/mol. The largest absolute Gasteiger partial charge is 0.452 e. The first-order chi connectivity index (χ1) is 10.8. The van der Waals surface area contributed by atoms with E-state index in [0.717, 1.165) is 6.42 Å². The molecule has 8 heteroatoms. The highest BCUT2D eigenvalue weighted by Gasteiger charge is 2.15. The molecule has 0 atom stereocenters. The van der Waals surface area contributed by atoms with E-state index in [0.29, 0.717) is 12.5 Å². The number of ether oxygens (including phenoxy) is 1. The van der Waals surface area contributed by atoms with E-state index in [2.05, 4.69) is 10.0 Å². The van der Waals surface area contributed by atoms with Gasteiger partial charge in [-0.3, -0.25) is 4.79 Å². The number of hydrogen-bond acceptors (Lipinski definition) is 5. The Morgan fingerprint density at radius 3 is 2.57 bits per heavy atom. The topological polar surface area (TPSA) is 102 Å². The van der Waals surface area contributed by atoms with Crippen LogP contribution >= 0.6 is 0 Å². The second-order valence-corrected chi connectivity index (χ2v) is 7.23. The Bertz CT molecular complexity index is 656. The van der Waals surface area contributed by atoms with Crippen molar-refractivity contribution in [3.63, 3.8) is 0 Å². The van der Waals surface area contributed by atoms with Gasteiger partial charge in [0.1, 0.15) is 0 Å². The Labute approximate surface area is 136 Å². The van der Waals surface area contributed by atoms with Crippen molar-refractivity contribution in [1.82, 2.24) is 10.0 Å². The summed E-state index contributed by atoms with van der Waals surface area (Å²) in [4.78, 5) is 23.4. The molecule has 0 fully saturated rings. The lowest BCUT2D eigenvalue weighted by atomic mass is 10.1. The van der Waals surface area contributed by atoms with Gasteiger partial charge in [-0.2, -0.15) is 0 Å². The van der Waals surface area contributed by atoms with Crippen molar-refractivity contribution in [2.24, 2.45) is 5.92 Å². The maximum absolute atomic E-state index is 11.9. The van der Waals surface area contributed by atoms with Crippen LogP contribution in [-0.2, 0) is 19.6 Å². The van der Waals surface area contributed by atoms with Gasteiger partial charge in [0.25, 0.3) is 5.91 Å². The molecule has 0 radical (unpaired) electrons. The molecule has 23 heavy (non-hydrogen) atoms. The zero-order chi connectivity index (χ0) is 17.5. The average molecular weight is 342 g/mol. The van der Waals surface area contributed by atoms with Crippen molar-refractivity contribution >= 4 is 21.9 Å². The van der Waals surface area contributed by atoms with Crippen LogP contribution in [0, 0.1) is 5.92 Å². The fraction of sp³-hybridized carbons (Fsp3) is 0.467. The zero-order valence-electron chi connectivity index (χ0n) is 13.5. The number of hydrogen-bond donors (Lipinski definition) is 2. The molecule has 0 aliphatic carbocycles. The number of carbonyl (C=O) groups excluding carboxylic acids is 2. The standard InChI is InChI=1S/C15H22N2O5S/c1-11(2)7-8-17-14(18)10-22-15(19)12-5-4-6-13(9-12)23(20,21)16-3/h4-6,9,11,16H,7-8,10H2,1-3H3,(H,17,18). The Balaban J connectivity index is 2.59. The third-order valence-corrected chi connectivity index (χ3v) is 4.44. The molecule has 1 rings (SSSR count). The summed E-state index contributed by atoms with van der Waals surface area (Å²) in [5.74, 6) is -0.676. The first kappa shape index (κ1) is 19.1. The lowest BCUT2D eigenvalue weighted by Crippen LogP contribution is -2.30. The van der Waals surface area contributed by atoms with Gasteiger partial charge in [0.15, 0.2) is 6.61 Å². The number of nitrogens with one attached hydrogen (secondary N) is 2. The molecule has 0 saturated heterocycles. The number of rotatable bonds is 8. The summed E-state index contributed by atoms with van der Waals surface area (Å²) in [5, 5.41) is 2.64. The second kappa shape index (κ2) is 8.64. The fourth-order valence-corrected chi connectivity index (χ4v) is 2.45. The van der Waals surface area contributed by atoms with Crippen molar-refractivity contribution in [3.8, 4) is 0 Å². The van der Waals surface area contributed by atoms with Crippen LogP contribution in [0.4, 0.5) is 0 Å². The molecule has 0 aromatic heterocycles. The van der Waals surface area contributed by atoms with Gasteiger partial charge >= 0.3 is 5.97 Å². The lowest BCUT2D eigenvalue weighted by Gasteiger charge is -2.08. The second-order valence-electron chi connectivity index (χ2n) is 5.34. The summed E-state index contributed by atoms with van der Waals surface area (Å²) in [5.41, 5.74) is 0.0660. The van der Waals surface area contributed by atoms with Gasteiger partial charge < -0.3 is 10.1 Å². The van der Waals surface area contributed by atoms with E-state index in [1.54, 1.807) is 0 Å². The van der Waals surface area contributed by atoms with Crippen LogP contribution in [0.25, 0.3) is 0 Å². The van der Waals surface area contributed by atoms with Crippen LogP contribution in [0.2, 0.25) is 0 Å². The smallest absolute Gasteiger partial charge is 0.338 e. The average Bonchev–Trinajstić information content (AvgIpc) is 2.52. The molecule has 0 unspecified atom stereocenters. The van der Waals surface area contributed by atoms with Crippen LogP contribution in [0.3, 0.4) is 0 Å². The van der Waals surface area contributed by atoms with E-state index >= 15 is 0 Å². The van der Waals surface area contributed by atoms with E-state index in [1.807, 2.05) is 13.8 Å². The van der Waals surface area contributed by atoms with Gasteiger partial charge in [0, 0.05) is 6.54 Å². The van der Waals surface area contributed by atoms with Crippen LogP contribution < -0.4 is 10.0 Å². The molecule has 0 aliphatic rings. The van der Waals surface area contributed by atoms with Gasteiger partial charge in [-0.15, -0.1) is 0 Å². The monoisotopic (exact) mass is 342 g/mol. The van der Waals surface area contributed by atoms with Crippen molar-refractivity contribution in [1.29, 1.82) is 0 Å². The van der Waals surface area contributed by atoms with Crippen molar-refractivity contribution in [3.05, 3.63) is 29.8 Å². The molecule has 0 saturated carbocycles. The predicted octanol–water partition coefficient (Wildman–Crippen LogP) is 0.914. The zero-order valence-corrected chi connectivity index (χ0v) is 14.3. The minimum absolute atomic E-state index is 0.0455. The maximum Gasteiger partial charge on any atom is 0.338 e. The van der Waals surface area contributed by atoms with Gasteiger partial charge in [0.05, 0.1) is 10.5 Å². The molecule has 0 bridgehead atoms. The van der Waals surface area contributed by atoms with Gasteiger partial charge in [-0.1, -0.05) is 19.9 Å². The molecule has 1 aromatic rings. The Kier molecular flexibility index (Phi) is 7.18. The minimum Gasteiger partial charge on any atom is -0.452 e. The van der Waals surface area contributed by atoms with E-state index in [4.69, 9.17) is 4.74 Å². The highest BCUT2D eigenvalue weighted by molar-refractivity contribution is 7.89. The molecule has 128 valence electrons. The summed E-state index contributed by atoms with van der Waals surface area (Å²) in [6.07, 6.45) is 0.837. The third-order valence-electron chi connectivity index (χ3n) is 3.03. The summed E-state index contributed by atoms with van der Waals surface area (Å²) in [6.45, 7) is 4.20. The van der Waals surface area contributed by atoms with E-state index in [9.17, 15) is 18.0 Å². The van der Waals surface area contributed by atoms with Crippen molar-refractivity contribution in [2.45, 2.75) is 25.2 Å². The van der Waals surface area contributed by atoms with Crippen LogP contribution in [0.1, 0.15) is 30.6 Å². The SMILES string of the molecule is CNS(=O)(=O)c1cccc(C(=O)OCC(=O)NCCC(C)C)c1. The number of benzene rings is 1. The quantitative estimate of drug-likeness (QED) is 0.684. The molecule has 1 amide bonds. The molecular formula is C15H22N2O5S. The summed E-state index contributed by atoms with van der Waals surface area (Å²) in [7, 11) is -2.36. The maximum atomic E-state index is 11.9. The Hall–Kier alpha value is -1.93. The van der Waals surface area contributed by atoms with Gasteiger partial charge in [-0.25, -0.2) is 17.9 Å². The van der Waals surface area contributed by atoms with Crippen LogP contribution in [0.15, 0.2) is 29.2 Å². The molecular weight excluding hydrogens is 320 g/mol. The molecule has 7 nitrogen and oxygen atoms in total. The van der Waals surface area contributed by atoms with Crippen LogP contribution in [-0.4, -0.2) is 40.5 Å². The highest BCUT2D eigenvalue weighted by atomic mass is 32.2. The van der Waals surface area contributed by atoms with E-state index in [-0.39, 0.29) is 10.5 Å². The number of carbonyl (C=O) groups is 2. The minimum atomic E-state index is -3.64. The van der Waals surface area contributed by atoms with E-state index < -0.39 is 28.5 Å². The van der Waals surface area contributed by atoms with Gasteiger partial charge in [0.2, 0.25) is 10.0 Å². The van der Waals surface area contributed by atoms with Crippen molar-refractivity contribution in [2.75, 3.05) is 20.2 Å². The highest BCUT2D eigenvalue weighted by Crippen LogP contribution is 2.12. The Morgan fingerprint density at radius 2 is 1.96 bits per heavy atom. The van der Waals surface area contributed by atoms with Crippen molar-refractivity contribution < 1.29 is 22.7 Å². The van der Waals surface area contributed by atoms with Crippen LogP contribution in [0.5, 0.6) is 0 Å². The molecule has 0 spiro atoms. The summed E-state index contributed by atoms with van der Waals surface area (Å²) < 4.78 is 30.4. The third kappa shape index (κ3) is 6.37. The molecule has 0 heterocycles. The number of amides is 1. The molecule has 0 aliphatic heterocycles. The first-order valence-corrected chi connectivity index (χ1v) is 8.72. The van der Waals surface area contributed by atoms with Gasteiger partial charge in [-0.05, 0) is 37.6 Å². The molecule has 1 aromatic carbocycles. The fourth-order valence-electron chi connectivity index (χ4n) is 1.67. The summed E-state index contributed by atoms with van der Waals surface area (Å²) >= 11 is 0. The Morgan fingerprint density at radius 1 is 1.26 bits per heavy atom. The first-order valence-electron chi connectivity index (χ1n) is 7.23. The number of sulfonamides is 1. The molecule has 2 N–H and O–H groups in total.